The number of carboxylic acids is 1. The third-order valence-electron chi connectivity index (χ3n) is 7.05. The average molecular weight is 584 g/mol. The van der Waals surface area contributed by atoms with Crippen LogP contribution < -0.4 is 21.7 Å². The molecular weight excluding hydrogens is 546 g/mol. The lowest BCUT2D eigenvalue weighted by molar-refractivity contribution is -0.142. The lowest BCUT2D eigenvalue weighted by Crippen LogP contribution is -2.59. The van der Waals surface area contributed by atoms with Crippen molar-refractivity contribution in [2.45, 2.75) is 57.3 Å². The normalized spacial score (nSPS) is 14.8. The molecule has 0 spiro atoms. The van der Waals surface area contributed by atoms with E-state index in [1.165, 1.54) is 12.1 Å². The molecule has 12 heteroatoms. The summed E-state index contributed by atoms with van der Waals surface area (Å²) in [6.45, 7) is 3.64. The summed E-state index contributed by atoms with van der Waals surface area (Å²) < 4.78 is 0. The number of carboxylic acid groups (broad SMARTS) is 1. The van der Waals surface area contributed by atoms with Gasteiger partial charge in [-0.2, -0.15) is 12.6 Å². The predicted molar refractivity (Wildman–Crippen MR) is 159 cm³/mol. The highest BCUT2D eigenvalue weighted by atomic mass is 32.1. The number of benzene rings is 2. The summed E-state index contributed by atoms with van der Waals surface area (Å²) in [5.74, 6) is -3.28. The first kappa shape index (κ1) is 31.5. The van der Waals surface area contributed by atoms with Crippen LogP contribution in [0.25, 0.3) is 10.9 Å². The van der Waals surface area contributed by atoms with Crippen LogP contribution in [0.2, 0.25) is 0 Å². The zero-order valence-electron chi connectivity index (χ0n) is 23.0. The monoisotopic (exact) mass is 583 g/mol. The van der Waals surface area contributed by atoms with E-state index in [1.807, 2.05) is 31.2 Å². The molecule has 8 N–H and O–H groups in total. The Labute approximate surface area is 243 Å². The van der Waals surface area contributed by atoms with Gasteiger partial charge in [-0.1, -0.05) is 50.6 Å². The summed E-state index contributed by atoms with van der Waals surface area (Å²) in [7, 11) is 0. The molecular formula is C29H37N5O6S. The fraction of sp³-hybridized carbons (Fsp3) is 0.379. The molecule has 0 fully saturated rings. The Morgan fingerprint density at radius 1 is 0.927 bits per heavy atom. The minimum absolute atomic E-state index is 0.00854. The second kappa shape index (κ2) is 14.6. The number of H-pyrrole nitrogens is 1. The molecule has 1 aromatic heterocycles. The van der Waals surface area contributed by atoms with Gasteiger partial charge in [-0.05, 0) is 35.2 Å². The van der Waals surface area contributed by atoms with Crippen molar-refractivity contribution in [3.8, 4) is 5.75 Å². The van der Waals surface area contributed by atoms with E-state index in [1.54, 1.807) is 25.3 Å². The van der Waals surface area contributed by atoms with E-state index in [9.17, 15) is 29.4 Å². The van der Waals surface area contributed by atoms with Gasteiger partial charge in [-0.15, -0.1) is 0 Å². The molecule has 2 aromatic carbocycles. The molecule has 3 amide bonds. The maximum absolute atomic E-state index is 13.5. The summed E-state index contributed by atoms with van der Waals surface area (Å²) >= 11 is 4.04. The largest absolute Gasteiger partial charge is 0.508 e. The Morgan fingerprint density at radius 2 is 1.59 bits per heavy atom. The van der Waals surface area contributed by atoms with Crippen LogP contribution in [0.4, 0.5) is 0 Å². The Balaban J connectivity index is 1.84. The number of nitrogens with two attached hydrogens (primary N) is 1. The third kappa shape index (κ3) is 8.48. The molecule has 0 bridgehead atoms. The Morgan fingerprint density at radius 3 is 2.22 bits per heavy atom. The number of carbonyl (C=O) groups is 4. The number of thiol groups is 1. The second-order valence-electron chi connectivity index (χ2n) is 10.1. The Hall–Kier alpha value is -4.03. The highest BCUT2D eigenvalue weighted by molar-refractivity contribution is 7.80. The molecule has 220 valence electrons. The summed E-state index contributed by atoms with van der Waals surface area (Å²) in [5, 5.41) is 28.4. The molecule has 3 rings (SSSR count). The minimum Gasteiger partial charge on any atom is -0.508 e. The highest BCUT2D eigenvalue weighted by Gasteiger charge is 2.32. The zero-order chi connectivity index (χ0) is 30.1. The topological polar surface area (TPSA) is 187 Å². The van der Waals surface area contributed by atoms with Crippen molar-refractivity contribution in [2.24, 2.45) is 11.7 Å². The maximum atomic E-state index is 13.5. The summed E-state index contributed by atoms with van der Waals surface area (Å²) in [6, 6.07) is 9.15. The van der Waals surface area contributed by atoms with E-state index in [0.29, 0.717) is 17.5 Å². The number of hydrogen-bond donors (Lipinski definition) is 8. The molecule has 3 aromatic rings. The molecule has 0 aliphatic heterocycles. The average Bonchev–Trinajstić information content (AvgIpc) is 3.37. The van der Waals surface area contributed by atoms with Gasteiger partial charge in [0.15, 0.2) is 0 Å². The number of nitrogens with one attached hydrogen (secondary N) is 4. The summed E-state index contributed by atoms with van der Waals surface area (Å²) in [4.78, 5) is 54.7. The smallest absolute Gasteiger partial charge is 0.326 e. The molecule has 41 heavy (non-hydrogen) atoms. The quantitative estimate of drug-likeness (QED) is 0.132. The molecule has 11 nitrogen and oxygen atoms in total. The SMILES string of the molecule is CCC(C)C(NC(=O)C(N)CS)C(=O)NC(Cc1ccc(O)cc1)C(=O)NC(Cc1c[nH]c2ccccc12)C(=O)O. The van der Waals surface area contributed by atoms with E-state index in [4.69, 9.17) is 5.73 Å². The van der Waals surface area contributed by atoms with Gasteiger partial charge in [0.2, 0.25) is 17.7 Å². The number of carbonyl (C=O) groups excluding carboxylic acids is 3. The van der Waals surface area contributed by atoms with Crippen molar-refractivity contribution in [2.75, 3.05) is 5.75 Å². The predicted octanol–water partition coefficient (Wildman–Crippen LogP) is 1.50. The number of aromatic hydroxyl groups is 1. The fourth-order valence-electron chi connectivity index (χ4n) is 4.38. The number of amides is 3. The van der Waals surface area contributed by atoms with Crippen molar-refractivity contribution < 1.29 is 29.4 Å². The number of phenolic OH excluding ortho intramolecular Hbond substituents is 1. The van der Waals surface area contributed by atoms with Crippen molar-refractivity contribution in [1.82, 2.24) is 20.9 Å². The number of rotatable bonds is 14. The van der Waals surface area contributed by atoms with Crippen molar-refractivity contribution in [1.29, 1.82) is 0 Å². The maximum Gasteiger partial charge on any atom is 0.326 e. The lowest BCUT2D eigenvalue weighted by atomic mass is 9.96. The lowest BCUT2D eigenvalue weighted by Gasteiger charge is -2.28. The van der Waals surface area contributed by atoms with Crippen LogP contribution in [0.3, 0.4) is 0 Å². The molecule has 0 aliphatic carbocycles. The minimum atomic E-state index is -1.28. The number of hydrogen-bond acceptors (Lipinski definition) is 7. The summed E-state index contributed by atoms with van der Waals surface area (Å²) in [6.07, 6.45) is 2.28. The van der Waals surface area contributed by atoms with Gasteiger partial charge in [-0.25, -0.2) is 4.79 Å². The number of fused-ring (bicyclic) bond motifs is 1. The number of aromatic nitrogens is 1. The van der Waals surface area contributed by atoms with Crippen molar-refractivity contribution in [3.63, 3.8) is 0 Å². The van der Waals surface area contributed by atoms with Crippen LogP contribution in [0.5, 0.6) is 5.75 Å². The first-order valence-electron chi connectivity index (χ1n) is 13.4. The molecule has 0 radical (unpaired) electrons. The molecule has 1 heterocycles. The van der Waals surface area contributed by atoms with Crippen LogP contribution in [-0.2, 0) is 32.0 Å². The van der Waals surface area contributed by atoms with Gasteiger partial charge in [0.25, 0.3) is 0 Å². The van der Waals surface area contributed by atoms with E-state index in [-0.39, 0.29) is 30.3 Å². The number of para-hydroxylation sites is 1. The van der Waals surface area contributed by atoms with Gasteiger partial charge in [0.05, 0.1) is 6.04 Å². The molecule has 5 unspecified atom stereocenters. The zero-order valence-corrected chi connectivity index (χ0v) is 23.9. The van der Waals surface area contributed by atoms with E-state index in [0.717, 1.165) is 10.9 Å². The standard InChI is InChI=1S/C29H37N5O6S/c1-3-16(2)25(34-26(36)21(30)15-41)28(38)32-23(12-17-8-10-19(35)11-9-17)27(37)33-24(29(39)40)13-18-14-31-22-7-5-4-6-20(18)22/h4-11,14,16,21,23-25,31,35,41H,3,12-13,15,30H2,1-2H3,(H,32,38)(H,33,37)(H,34,36)(H,39,40). The van der Waals surface area contributed by atoms with Crippen molar-refractivity contribution >= 4 is 47.2 Å². The number of phenols is 1. The van der Waals surface area contributed by atoms with Crippen LogP contribution in [-0.4, -0.2) is 68.8 Å². The summed E-state index contributed by atoms with van der Waals surface area (Å²) in [5.41, 5.74) is 7.95. The second-order valence-corrected chi connectivity index (χ2v) is 10.4. The van der Waals surface area contributed by atoms with Gasteiger partial charge >= 0.3 is 5.97 Å². The highest BCUT2D eigenvalue weighted by Crippen LogP contribution is 2.19. The third-order valence-corrected chi connectivity index (χ3v) is 7.44. The first-order valence-corrected chi connectivity index (χ1v) is 14.0. The molecule has 5 atom stereocenters. The van der Waals surface area contributed by atoms with Gasteiger partial charge < -0.3 is 36.9 Å². The number of aromatic amines is 1. The molecule has 0 saturated carbocycles. The first-order chi connectivity index (χ1) is 19.5. The molecule has 0 aliphatic rings. The van der Waals surface area contributed by atoms with E-state index in [2.05, 4.69) is 33.6 Å². The number of aliphatic carboxylic acids is 1. The molecule has 0 saturated heterocycles. The van der Waals surface area contributed by atoms with E-state index >= 15 is 0 Å². The fourth-order valence-corrected chi connectivity index (χ4v) is 4.54. The Bertz CT molecular complexity index is 1360. The van der Waals surface area contributed by atoms with Gasteiger partial charge in [0, 0.05) is 35.7 Å². The Kier molecular flexibility index (Phi) is 11.2. The van der Waals surface area contributed by atoms with Crippen LogP contribution in [0.15, 0.2) is 54.7 Å². The van der Waals surface area contributed by atoms with Crippen LogP contribution >= 0.6 is 12.6 Å². The van der Waals surface area contributed by atoms with Crippen LogP contribution in [0, 0.1) is 5.92 Å². The van der Waals surface area contributed by atoms with E-state index < -0.39 is 47.9 Å². The van der Waals surface area contributed by atoms with Gasteiger partial charge in [-0.3, -0.25) is 14.4 Å². The van der Waals surface area contributed by atoms with Crippen molar-refractivity contribution in [3.05, 3.63) is 65.9 Å². The van der Waals surface area contributed by atoms with Crippen LogP contribution in [0.1, 0.15) is 31.4 Å². The van der Waals surface area contributed by atoms with Gasteiger partial charge in [0.1, 0.15) is 23.9 Å².